The third-order valence-corrected chi connectivity index (χ3v) is 3.54. The molecule has 0 aromatic heterocycles. The van der Waals surface area contributed by atoms with Gasteiger partial charge in [-0.2, -0.15) is 5.26 Å². The van der Waals surface area contributed by atoms with Crippen LogP contribution in [-0.2, 0) is 0 Å². The molecule has 2 rings (SSSR count). The maximum absolute atomic E-state index is 9.37. The molecule has 1 heteroatoms. The van der Waals surface area contributed by atoms with Crippen LogP contribution < -0.4 is 0 Å². The molecule has 1 aromatic rings. The van der Waals surface area contributed by atoms with E-state index in [1.807, 2.05) is 6.07 Å². The van der Waals surface area contributed by atoms with Crippen molar-refractivity contribution in [1.29, 1.82) is 5.26 Å². The lowest BCUT2D eigenvalue weighted by Gasteiger charge is -2.24. The highest BCUT2D eigenvalue weighted by atomic mass is 14.4. The number of hydrogen-bond donors (Lipinski definition) is 0. The largest absolute Gasteiger partial charge is 0.197 e. The standard InChI is InChI=1S/C17H19N/c1-2-3-11-17(14-18)12-9-16(10-13-17)15-7-5-4-6-8-15/h4-10,12-13,16H,2-3,11H2,1H3. The maximum atomic E-state index is 9.37. The van der Waals surface area contributed by atoms with E-state index in [1.165, 1.54) is 5.56 Å². The highest BCUT2D eigenvalue weighted by Gasteiger charge is 2.26. The first-order chi connectivity index (χ1) is 8.79. The van der Waals surface area contributed by atoms with Gasteiger partial charge in [0.1, 0.15) is 0 Å². The Bertz CT molecular complexity index is 462. The van der Waals surface area contributed by atoms with Crippen molar-refractivity contribution in [2.75, 3.05) is 0 Å². The summed E-state index contributed by atoms with van der Waals surface area (Å²) in [6.45, 7) is 2.16. The van der Waals surface area contributed by atoms with Crippen molar-refractivity contribution in [3.8, 4) is 6.07 Å². The molecule has 18 heavy (non-hydrogen) atoms. The lowest BCUT2D eigenvalue weighted by atomic mass is 9.78. The molecule has 0 N–H and O–H groups in total. The van der Waals surface area contributed by atoms with E-state index in [0.717, 1.165) is 19.3 Å². The van der Waals surface area contributed by atoms with E-state index in [9.17, 15) is 5.26 Å². The number of rotatable bonds is 4. The van der Waals surface area contributed by atoms with Crippen LogP contribution in [0.15, 0.2) is 54.6 Å². The number of nitrogens with zero attached hydrogens (tertiary/aromatic N) is 1. The predicted octanol–water partition coefficient (Wildman–Crippen LogP) is 4.60. The van der Waals surface area contributed by atoms with Crippen LogP contribution in [0.25, 0.3) is 0 Å². The molecule has 1 aliphatic carbocycles. The summed E-state index contributed by atoms with van der Waals surface area (Å²) < 4.78 is 0. The van der Waals surface area contributed by atoms with Gasteiger partial charge in [0.05, 0.1) is 11.5 Å². The summed E-state index contributed by atoms with van der Waals surface area (Å²) in [4.78, 5) is 0. The molecule has 1 aromatic carbocycles. The molecular weight excluding hydrogens is 218 g/mol. The van der Waals surface area contributed by atoms with Crippen LogP contribution >= 0.6 is 0 Å². The smallest absolute Gasteiger partial charge is 0.0934 e. The Morgan fingerprint density at radius 1 is 1.17 bits per heavy atom. The molecule has 0 fully saturated rings. The minimum Gasteiger partial charge on any atom is -0.197 e. The summed E-state index contributed by atoms with van der Waals surface area (Å²) in [6.07, 6.45) is 11.6. The van der Waals surface area contributed by atoms with Crippen molar-refractivity contribution >= 4 is 0 Å². The van der Waals surface area contributed by atoms with Gasteiger partial charge in [-0.05, 0) is 12.0 Å². The topological polar surface area (TPSA) is 23.8 Å². The lowest BCUT2D eigenvalue weighted by Crippen LogP contribution is -2.15. The van der Waals surface area contributed by atoms with Gasteiger partial charge in [0.2, 0.25) is 0 Å². The Hall–Kier alpha value is -1.81. The van der Waals surface area contributed by atoms with Gasteiger partial charge in [-0.25, -0.2) is 0 Å². The second-order valence-corrected chi connectivity index (χ2v) is 4.91. The lowest BCUT2D eigenvalue weighted by molar-refractivity contribution is 0.532. The third kappa shape index (κ3) is 2.71. The molecule has 0 bridgehead atoms. The Balaban J connectivity index is 2.13. The summed E-state index contributed by atoms with van der Waals surface area (Å²) in [6, 6.07) is 12.9. The van der Waals surface area contributed by atoms with Crippen molar-refractivity contribution in [2.45, 2.75) is 32.1 Å². The minimum absolute atomic E-state index is 0.314. The summed E-state index contributed by atoms with van der Waals surface area (Å²) in [5.74, 6) is 0.314. The second-order valence-electron chi connectivity index (χ2n) is 4.91. The first kappa shape index (κ1) is 12.6. The molecule has 0 saturated heterocycles. The van der Waals surface area contributed by atoms with E-state index in [1.54, 1.807) is 0 Å². The van der Waals surface area contributed by atoms with Gasteiger partial charge >= 0.3 is 0 Å². The van der Waals surface area contributed by atoms with E-state index >= 15 is 0 Å². The predicted molar refractivity (Wildman–Crippen MR) is 75.0 cm³/mol. The molecule has 0 spiro atoms. The van der Waals surface area contributed by atoms with Crippen LogP contribution in [-0.4, -0.2) is 0 Å². The Morgan fingerprint density at radius 2 is 1.83 bits per heavy atom. The number of unbranched alkanes of at least 4 members (excludes halogenated alkanes) is 1. The van der Waals surface area contributed by atoms with Gasteiger partial charge < -0.3 is 0 Å². The van der Waals surface area contributed by atoms with Crippen molar-refractivity contribution in [3.63, 3.8) is 0 Å². The monoisotopic (exact) mass is 237 g/mol. The Morgan fingerprint density at radius 3 is 2.39 bits per heavy atom. The van der Waals surface area contributed by atoms with Gasteiger partial charge in [0.25, 0.3) is 0 Å². The van der Waals surface area contributed by atoms with E-state index in [0.29, 0.717) is 5.92 Å². The molecule has 92 valence electrons. The van der Waals surface area contributed by atoms with Gasteiger partial charge in [0.15, 0.2) is 0 Å². The summed E-state index contributed by atoms with van der Waals surface area (Å²) in [5, 5.41) is 9.37. The van der Waals surface area contributed by atoms with Crippen LogP contribution in [0, 0.1) is 16.7 Å². The number of nitriles is 1. The fourth-order valence-corrected chi connectivity index (χ4v) is 2.33. The Kier molecular flexibility index (Phi) is 3.99. The second kappa shape index (κ2) is 5.69. The Labute approximate surface area is 109 Å². The van der Waals surface area contributed by atoms with E-state index in [-0.39, 0.29) is 5.41 Å². The fraction of sp³-hybridized carbons (Fsp3) is 0.353. The fourth-order valence-electron chi connectivity index (χ4n) is 2.33. The van der Waals surface area contributed by atoms with Gasteiger partial charge in [-0.15, -0.1) is 0 Å². The molecule has 1 nitrogen and oxygen atoms in total. The number of benzene rings is 1. The zero-order chi connectivity index (χ0) is 12.8. The zero-order valence-electron chi connectivity index (χ0n) is 10.8. The highest BCUT2D eigenvalue weighted by Crippen LogP contribution is 2.35. The third-order valence-electron chi connectivity index (χ3n) is 3.54. The molecule has 0 aliphatic heterocycles. The van der Waals surface area contributed by atoms with E-state index < -0.39 is 0 Å². The summed E-state index contributed by atoms with van der Waals surface area (Å²) >= 11 is 0. The quantitative estimate of drug-likeness (QED) is 0.702. The van der Waals surface area contributed by atoms with Crippen LogP contribution in [0.2, 0.25) is 0 Å². The van der Waals surface area contributed by atoms with Gasteiger partial charge in [0, 0.05) is 5.92 Å². The SMILES string of the molecule is CCCCC1(C#N)C=CC(c2ccccc2)C=C1. The van der Waals surface area contributed by atoms with Gasteiger partial charge in [-0.1, -0.05) is 74.4 Å². The minimum atomic E-state index is -0.374. The van der Waals surface area contributed by atoms with E-state index in [4.69, 9.17) is 0 Å². The molecular formula is C17H19N. The van der Waals surface area contributed by atoms with Crippen molar-refractivity contribution in [3.05, 3.63) is 60.2 Å². The molecule has 0 radical (unpaired) electrons. The maximum Gasteiger partial charge on any atom is 0.0934 e. The zero-order valence-corrected chi connectivity index (χ0v) is 10.8. The van der Waals surface area contributed by atoms with Crippen molar-refractivity contribution < 1.29 is 0 Å². The first-order valence-corrected chi connectivity index (χ1v) is 6.64. The molecule has 0 amide bonds. The number of hydrogen-bond acceptors (Lipinski definition) is 1. The van der Waals surface area contributed by atoms with Gasteiger partial charge in [-0.3, -0.25) is 0 Å². The highest BCUT2D eigenvalue weighted by molar-refractivity contribution is 5.37. The average Bonchev–Trinajstić information content (AvgIpc) is 2.47. The summed E-state index contributed by atoms with van der Waals surface area (Å²) in [5.41, 5.74) is 0.911. The van der Waals surface area contributed by atoms with Crippen molar-refractivity contribution in [2.24, 2.45) is 5.41 Å². The van der Waals surface area contributed by atoms with Crippen LogP contribution in [0.1, 0.15) is 37.7 Å². The van der Waals surface area contributed by atoms with Crippen LogP contribution in [0.3, 0.4) is 0 Å². The number of allylic oxidation sites excluding steroid dienone is 4. The normalized spacial score (nSPS) is 25.9. The average molecular weight is 237 g/mol. The molecule has 0 atom stereocenters. The van der Waals surface area contributed by atoms with Crippen LogP contribution in [0.4, 0.5) is 0 Å². The summed E-state index contributed by atoms with van der Waals surface area (Å²) in [7, 11) is 0. The molecule has 0 saturated carbocycles. The van der Waals surface area contributed by atoms with Crippen molar-refractivity contribution in [1.82, 2.24) is 0 Å². The first-order valence-electron chi connectivity index (χ1n) is 6.64. The van der Waals surface area contributed by atoms with Crippen LogP contribution in [0.5, 0.6) is 0 Å². The molecule has 0 heterocycles. The molecule has 1 aliphatic rings. The van der Waals surface area contributed by atoms with E-state index in [2.05, 4.69) is 61.6 Å². The molecule has 0 unspecified atom stereocenters.